The van der Waals surface area contributed by atoms with E-state index in [4.69, 9.17) is 4.42 Å². The van der Waals surface area contributed by atoms with Crippen LogP contribution in [-0.2, 0) is 0 Å². The molecule has 0 saturated carbocycles. The summed E-state index contributed by atoms with van der Waals surface area (Å²) in [6.45, 7) is 4.54. The minimum Gasteiger partial charge on any atom is -0.449 e. The van der Waals surface area contributed by atoms with Crippen molar-refractivity contribution in [3.8, 4) is 0 Å². The normalized spacial score (nSPS) is 14.4. The highest BCUT2D eigenvalue weighted by Crippen LogP contribution is 2.23. The molecule has 38 heavy (non-hydrogen) atoms. The average Bonchev–Trinajstić information content (AvgIpc) is 3.46. The first-order chi connectivity index (χ1) is 18.5. The number of fused-ring (bicyclic) bond motifs is 1. The number of benzene rings is 3. The van der Waals surface area contributed by atoms with Gasteiger partial charge < -0.3 is 14.2 Å². The van der Waals surface area contributed by atoms with E-state index in [2.05, 4.69) is 29.6 Å². The molecule has 6 nitrogen and oxygen atoms in total. The number of hydrogen-bond acceptors (Lipinski definition) is 3. The van der Waals surface area contributed by atoms with Gasteiger partial charge in [0, 0.05) is 37.8 Å². The number of furan rings is 1. The van der Waals surface area contributed by atoms with Gasteiger partial charge in [-0.3, -0.25) is 10.1 Å². The first kappa shape index (κ1) is 25.3. The molecular weight excluding hydrogens is 474 g/mol. The zero-order valence-electron chi connectivity index (χ0n) is 21.7. The fourth-order valence-corrected chi connectivity index (χ4v) is 5.07. The average molecular weight is 508 g/mol. The van der Waals surface area contributed by atoms with Crippen LogP contribution in [0.3, 0.4) is 0 Å². The molecule has 1 aliphatic heterocycles. The maximum Gasteiger partial charge on any atom is 0.324 e. The van der Waals surface area contributed by atoms with E-state index in [0.717, 1.165) is 40.3 Å². The second-order valence-electron chi connectivity index (χ2n) is 9.99. The number of amides is 3. The third kappa shape index (κ3) is 6.32. The number of carbonyl (C=O) groups is 2. The molecule has 4 aromatic rings. The van der Waals surface area contributed by atoms with Gasteiger partial charge in [-0.2, -0.15) is 0 Å². The van der Waals surface area contributed by atoms with Crippen LogP contribution in [0.5, 0.6) is 0 Å². The van der Waals surface area contributed by atoms with Crippen LogP contribution < -0.4 is 5.32 Å². The van der Waals surface area contributed by atoms with Crippen LogP contribution in [0.2, 0.25) is 0 Å². The fraction of sp³-hybridized carbons (Fsp3) is 0.250. The molecule has 0 unspecified atom stereocenters. The first-order valence-electron chi connectivity index (χ1n) is 13.1. The van der Waals surface area contributed by atoms with Crippen molar-refractivity contribution in [2.24, 2.45) is 5.92 Å². The fourth-order valence-electron chi connectivity index (χ4n) is 5.07. The Hall–Kier alpha value is -4.32. The lowest BCUT2D eigenvalue weighted by molar-refractivity contribution is 0.0676. The van der Waals surface area contributed by atoms with Crippen LogP contribution in [0.25, 0.3) is 16.8 Å². The largest absolute Gasteiger partial charge is 0.449 e. The van der Waals surface area contributed by atoms with Gasteiger partial charge in [-0.25, -0.2) is 4.79 Å². The highest BCUT2D eigenvalue weighted by molar-refractivity contribution is 5.98. The van der Waals surface area contributed by atoms with Gasteiger partial charge in [0.2, 0.25) is 5.88 Å². The van der Waals surface area contributed by atoms with E-state index >= 15 is 0 Å². The summed E-state index contributed by atoms with van der Waals surface area (Å²) >= 11 is 0. The molecule has 3 aromatic carbocycles. The van der Waals surface area contributed by atoms with E-state index in [1.807, 2.05) is 71.3 Å². The molecule has 5 rings (SSSR count). The van der Waals surface area contributed by atoms with Crippen molar-refractivity contribution in [1.82, 2.24) is 9.80 Å². The Morgan fingerprint density at radius 3 is 2.42 bits per heavy atom. The number of nitrogens with one attached hydrogen (secondary N) is 1. The quantitative estimate of drug-likeness (QED) is 0.295. The Balaban J connectivity index is 1.23. The zero-order valence-corrected chi connectivity index (χ0v) is 21.7. The first-order valence-corrected chi connectivity index (χ1v) is 13.1. The maximum atomic E-state index is 13.2. The highest BCUT2D eigenvalue weighted by Gasteiger charge is 2.27. The van der Waals surface area contributed by atoms with Gasteiger partial charge in [-0.1, -0.05) is 72.3 Å². The zero-order chi connectivity index (χ0) is 26.3. The number of piperidine rings is 1. The predicted octanol–water partition coefficient (Wildman–Crippen LogP) is 6.92. The number of likely N-dealkylation sites (tertiary alicyclic amines) is 1. The molecule has 0 aliphatic carbocycles. The summed E-state index contributed by atoms with van der Waals surface area (Å²) in [6, 6.07) is 27.4. The van der Waals surface area contributed by atoms with E-state index in [0.29, 0.717) is 38.0 Å². The molecule has 0 bridgehead atoms. The summed E-state index contributed by atoms with van der Waals surface area (Å²) in [7, 11) is 0. The second kappa shape index (κ2) is 11.8. The van der Waals surface area contributed by atoms with E-state index in [1.165, 1.54) is 0 Å². The smallest absolute Gasteiger partial charge is 0.324 e. The van der Waals surface area contributed by atoms with Crippen LogP contribution in [0, 0.1) is 5.92 Å². The molecular formula is C32H33N3O3. The van der Waals surface area contributed by atoms with E-state index in [1.54, 1.807) is 18.4 Å². The third-order valence-corrected chi connectivity index (χ3v) is 7.07. The third-order valence-electron chi connectivity index (χ3n) is 7.07. The van der Waals surface area contributed by atoms with Crippen LogP contribution >= 0.6 is 0 Å². The van der Waals surface area contributed by atoms with E-state index in [-0.39, 0.29) is 11.9 Å². The van der Waals surface area contributed by atoms with Crippen molar-refractivity contribution < 1.29 is 14.0 Å². The molecule has 3 amide bonds. The Labute approximate surface area is 223 Å². The molecule has 2 heterocycles. The summed E-state index contributed by atoms with van der Waals surface area (Å²) in [6.07, 6.45) is 5.36. The molecule has 0 atom stereocenters. The second-order valence-corrected chi connectivity index (χ2v) is 9.99. The SMILES string of the molecule is C/C(=C\c1ccccc1)CN(CC1CCN(C(=O)c2ccc3ccccc3c2)CC1)C(=O)Nc1ccco1. The lowest BCUT2D eigenvalue weighted by atomic mass is 9.95. The van der Waals surface area contributed by atoms with Gasteiger partial charge in [0.1, 0.15) is 0 Å². The lowest BCUT2D eigenvalue weighted by Gasteiger charge is -2.35. The molecule has 0 radical (unpaired) electrons. The summed E-state index contributed by atoms with van der Waals surface area (Å²) in [5.41, 5.74) is 2.93. The highest BCUT2D eigenvalue weighted by atomic mass is 16.3. The molecule has 1 saturated heterocycles. The van der Waals surface area contributed by atoms with Crippen molar-refractivity contribution in [3.63, 3.8) is 0 Å². The standard InChI is InChI=1S/C32H33N3O3/c1-24(20-25-8-3-2-4-9-25)22-35(32(37)33-30-12-7-19-38-30)23-26-15-17-34(18-16-26)31(36)29-14-13-27-10-5-6-11-28(27)21-29/h2-14,19-21,26H,15-18,22-23H2,1H3,(H,33,37)/b24-20+. The number of nitrogens with zero attached hydrogens (tertiary/aromatic N) is 2. The van der Waals surface area contributed by atoms with Crippen LogP contribution in [0.15, 0.2) is 101 Å². The van der Waals surface area contributed by atoms with Crippen molar-refractivity contribution in [2.45, 2.75) is 19.8 Å². The van der Waals surface area contributed by atoms with Crippen LogP contribution in [0.1, 0.15) is 35.7 Å². The molecule has 1 aromatic heterocycles. The number of urea groups is 1. The molecule has 1 aliphatic rings. The van der Waals surface area contributed by atoms with Crippen molar-refractivity contribution in [2.75, 3.05) is 31.5 Å². The Bertz CT molecular complexity index is 1400. The minimum absolute atomic E-state index is 0.0725. The van der Waals surface area contributed by atoms with E-state index in [9.17, 15) is 9.59 Å². The van der Waals surface area contributed by atoms with Crippen LogP contribution in [-0.4, -0.2) is 47.9 Å². The number of anilines is 1. The molecule has 0 spiro atoms. The Morgan fingerprint density at radius 1 is 0.947 bits per heavy atom. The number of rotatable bonds is 7. The van der Waals surface area contributed by atoms with Gasteiger partial charge in [0.25, 0.3) is 5.91 Å². The summed E-state index contributed by atoms with van der Waals surface area (Å²) in [5, 5.41) is 5.08. The molecule has 194 valence electrons. The van der Waals surface area contributed by atoms with Gasteiger partial charge in [0.05, 0.1) is 6.26 Å². The predicted molar refractivity (Wildman–Crippen MR) is 152 cm³/mol. The minimum atomic E-state index is -0.185. The summed E-state index contributed by atoms with van der Waals surface area (Å²) in [5.74, 6) is 0.811. The van der Waals surface area contributed by atoms with Gasteiger partial charge in [-0.05, 0) is 60.2 Å². The molecule has 1 N–H and O–H groups in total. The van der Waals surface area contributed by atoms with Gasteiger partial charge >= 0.3 is 6.03 Å². The number of carbonyl (C=O) groups excluding carboxylic acids is 2. The molecule has 1 fully saturated rings. The van der Waals surface area contributed by atoms with Crippen LogP contribution in [0.4, 0.5) is 10.7 Å². The maximum absolute atomic E-state index is 13.2. The monoisotopic (exact) mass is 507 g/mol. The van der Waals surface area contributed by atoms with Gasteiger partial charge in [-0.15, -0.1) is 0 Å². The van der Waals surface area contributed by atoms with E-state index < -0.39 is 0 Å². The summed E-state index contributed by atoms with van der Waals surface area (Å²) < 4.78 is 5.34. The summed E-state index contributed by atoms with van der Waals surface area (Å²) in [4.78, 5) is 30.2. The van der Waals surface area contributed by atoms with Gasteiger partial charge in [0.15, 0.2) is 0 Å². The molecule has 6 heteroatoms. The topological polar surface area (TPSA) is 65.8 Å². The van der Waals surface area contributed by atoms with Crippen molar-refractivity contribution >= 4 is 34.7 Å². The van der Waals surface area contributed by atoms with Crippen molar-refractivity contribution in [1.29, 1.82) is 0 Å². The lowest BCUT2D eigenvalue weighted by Crippen LogP contribution is -2.44. The number of hydrogen-bond donors (Lipinski definition) is 1. The van der Waals surface area contributed by atoms with Crippen molar-refractivity contribution in [3.05, 3.63) is 108 Å². The Morgan fingerprint density at radius 2 is 1.68 bits per heavy atom. The Kier molecular flexibility index (Phi) is 7.88.